The number of nitrogens with zero attached hydrogens (tertiary/aromatic N) is 1. The van der Waals surface area contributed by atoms with Gasteiger partial charge in [0, 0.05) is 28.9 Å². The number of hydrogen-bond donors (Lipinski definition) is 2. The number of halogens is 2. The molecule has 1 heterocycles. The Morgan fingerprint density at radius 3 is 2.39 bits per heavy atom. The molecule has 0 aromatic heterocycles. The van der Waals surface area contributed by atoms with Gasteiger partial charge in [-0.1, -0.05) is 60.7 Å². The molecule has 0 radical (unpaired) electrons. The van der Waals surface area contributed by atoms with Crippen LogP contribution in [0, 0.1) is 6.92 Å². The Morgan fingerprint density at radius 1 is 1.00 bits per heavy atom. The molecule has 0 saturated heterocycles. The van der Waals surface area contributed by atoms with Gasteiger partial charge in [0.05, 0.1) is 0 Å². The van der Waals surface area contributed by atoms with Gasteiger partial charge in [0.1, 0.15) is 10.7 Å². The molecule has 1 aliphatic heterocycles. The number of anilines is 1. The molecule has 2 aliphatic rings. The molecular formula is C25H25Cl2N3O3. The van der Waals surface area contributed by atoms with E-state index in [-0.39, 0.29) is 28.6 Å². The summed E-state index contributed by atoms with van der Waals surface area (Å²) in [6.07, 6.45) is 4.81. The van der Waals surface area contributed by atoms with Crippen molar-refractivity contribution in [3.63, 3.8) is 0 Å². The van der Waals surface area contributed by atoms with Crippen molar-refractivity contribution in [2.24, 2.45) is 0 Å². The maximum absolute atomic E-state index is 12.9. The quantitative estimate of drug-likeness (QED) is 0.555. The summed E-state index contributed by atoms with van der Waals surface area (Å²) < 4.78 is 0. The first-order valence-corrected chi connectivity index (χ1v) is 11.8. The minimum Gasteiger partial charge on any atom is -0.375 e. The van der Waals surface area contributed by atoms with Gasteiger partial charge in [0.15, 0.2) is 0 Å². The van der Waals surface area contributed by atoms with E-state index in [1.807, 2.05) is 13.0 Å². The van der Waals surface area contributed by atoms with Crippen molar-refractivity contribution >= 4 is 46.6 Å². The number of carbonyl (C=O) groups excluding carboxylic acids is 3. The summed E-state index contributed by atoms with van der Waals surface area (Å²) in [4.78, 5) is 39.3. The number of imide groups is 1. The SMILES string of the molecule is Cc1ccc(Cl)cc1NC(=O)c1ccc(CNC2=C(Cl)C(=O)N(C3CCCCC3)C2=O)cc1. The molecule has 8 heteroatoms. The van der Waals surface area contributed by atoms with Gasteiger partial charge in [0.2, 0.25) is 0 Å². The number of rotatable bonds is 6. The van der Waals surface area contributed by atoms with Crippen molar-refractivity contribution in [1.82, 2.24) is 10.2 Å². The number of amides is 3. The van der Waals surface area contributed by atoms with Crippen LogP contribution in [0.25, 0.3) is 0 Å². The van der Waals surface area contributed by atoms with Gasteiger partial charge in [0.25, 0.3) is 17.7 Å². The third-order valence-corrected chi connectivity index (χ3v) is 6.72. The van der Waals surface area contributed by atoms with Gasteiger partial charge in [-0.05, 0) is 55.2 Å². The predicted molar refractivity (Wildman–Crippen MR) is 129 cm³/mol. The number of aryl methyl sites for hydroxylation is 1. The van der Waals surface area contributed by atoms with Crippen LogP contribution in [-0.2, 0) is 16.1 Å². The number of hydrogen-bond acceptors (Lipinski definition) is 4. The van der Waals surface area contributed by atoms with Crippen LogP contribution in [0.2, 0.25) is 5.02 Å². The maximum Gasteiger partial charge on any atom is 0.278 e. The zero-order valence-corrected chi connectivity index (χ0v) is 19.8. The van der Waals surface area contributed by atoms with Crippen molar-refractivity contribution in [2.75, 3.05) is 5.32 Å². The molecule has 3 amide bonds. The van der Waals surface area contributed by atoms with Gasteiger partial charge in [-0.2, -0.15) is 0 Å². The first kappa shape index (κ1) is 23.3. The molecule has 2 N–H and O–H groups in total. The Bertz CT molecular complexity index is 1120. The Hall–Kier alpha value is -2.83. The minimum absolute atomic E-state index is 0.0570. The average molecular weight is 486 g/mol. The van der Waals surface area contributed by atoms with Crippen LogP contribution in [0.3, 0.4) is 0 Å². The fraction of sp³-hybridized carbons (Fsp3) is 0.320. The number of carbonyl (C=O) groups is 3. The highest BCUT2D eigenvalue weighted by Crippen LogP contribution is 2.31. The first-order valence-electron chi connectivity index (χ1n) is 11.0. The lowest BCUT2D eigenvalue weighted by Gasteiger charge is -2.29. The Labute approximate surface area is 202 Å². The summed E-state index contributed by atoms with van der Waals surface area (Å²) in [6, 6.07) is 12.2. The molecule has 1 saturated carbocycles. The highest BCUT2D eigenvalue weighted by Gasteiger charge is 2.41. The van der Waals surface area contributed by atoms with Crippen molar-refractivity contribution in [2.45, 2.75) is 51.6 Å². The minimum atomic E-state index is -0.417. The zero-order valence-electron chi connectivity index (χ0n) is 18.3. The topological polar surface area (TPSA) is 78.5 Å². The fourth-order valence-electron chi connectivity index (χ4n) is 4.23. The van der Waals surface area contributed by atoms with Crippen LogP contribution in [0.15, 0.2) is 53.2 Å². The molecule has 0 bridgehead atoms. The standard InChI is InChI=1S/C25H25Cl2N3O3/c1-15-7-12-18(26)13-20(15)29-23(31)17-10-8-16(9-11-17)14-28-22-21(27)24(32)30(25(22)33)19-5-3-2-4-6-19/h7-13,19,28H,2-6,14H2,1H3,(H,29,31). The molecule has 1 fully saturated rings. The molecule has 2 aromatic carbocycles. The molecule has 0 atom stereocenters. The van der Waals surface area contributed by atoms with E-state index in [0.717, 1.165) is 43.2 Å². The van der Waals surface area contributed by atoms with Crippen molar-refractivity contribution in [1.29, 1.82) is 0 Å². The second-order valence-corrected chi connectivity index (χ2v) is 9.24. The Morgan fingerprint density at radius 2 is 1.70 bits per heavy atom. The highest BCUT2D eigenvalue weighted by molar-refractivity contribution is 6.47. The van der Waals surface area contributed by atoms with E-state index >= 15 is 0 Å². The number of nitrogens with one attached hydrogen (secondary N) is 2. The summed E-state index contributed by atoms with van der Waals surface area (Å²) in [5.74, 6) is -1.02. The second-order valence-electron chi connectivity index (χ2n) is 8.42. The molecule has 6 nitrogen and oxygen atoms in total. The van der Waals surface area contributed by atoms with E-state index in [1.165, 1.54) is 4.90 Å². The summed E-state index contributed by atoms with van der Waals surface area (Å²) in [5.41, 5.74) is 3.05. The van der Waals surface area contributed by atoms with Crippen molar-refractivity contribution in [3.8, 4) is 0 Å². The molecule has 172 valence electrons. The van der Waals surface area contributed by atoms with Gasteiger partial charge in [-0.3, -0.25) is 19.3 Å². The Balaban J connectivity index is 1.38. The lowest BCUT2D eigenvalue weighted by Crippen LogP contribution is -2.43. The van der Waals surface area contributed by atoms with E-state index in [1.54, 1.807) is 36.4 Å². The van der Waals surface area contributed by atoms with Crippen LogP contribution in [0.1, 0.15) is 53.6 Å². The fourth-order valence-corrected chi connectivity index (χ4v) is 4.64. The zero-order chi connectivity index (χ0) is 23.5. The summed E-state index contributed by atoms with van der Waals surface area (Å²) >= 11 is 12.2. The van der Waals surface area contributed by atoms with Gasteiger partial charge >= 0.3 is 0 Å². The van der Waals surface area contributed by atoms with Crippen LogP contribution in [-0.4, -0.2) is 28.7 Å². The van der Waals surface area contributed by atoms with Crippen LogP contribution < -0.4 is 10.6 Å². The summed E-state index contributed by atoms with van der Waals surface area (Å²) in [5, 5.41) is 6.38. The van der Waals surface area contributed by atoms with Crippen LogP contribution >= 0.6 is 23.2 Å². The lowest BCUT2D eigenvalue weighted by molar-refractivity contribution is -0.140. The van der Waals surface area contributed by atoms with Gasteiger partial charge in [-0.25, -0.2) is 0 Å². The van der Waals surface area contributed by atoms with Crippen LogP contribution in [0.5, 0.6) is 0 Å². The summed E-state index contributed by atoms with van der Waals surface area (Å²) in [6.45, 7) is 2.20. The largest absolute Gasteiger partial charge is 0.375 e. The first-order chi connectivity index (χ1) is 15.8. The van der Waals surface area contributed by atoms with Crippen molar-refractivity contribution < 1.29 is 14.4 Å². The molecule has 1 aliphatic carbocycles. The second kappa shape index (κ2) is 9.98. The van der Waals surface area contributed by atoms with E-state index < -0.39 is 5.91 Å². The highest BCUT2D eigenvalue weighted by atomic mass is 35.5. The normalized spacial score (nSPS) is 17.0. The molecule has 0 unspecified atom stereocenters. The Kier molecular flexibility index (Phi) is 7.05. The van der Waals surface area contributed by atoms with Crippen molar-refractivity contribution in [3.05, 3.63) is 74.9 Å². The molecule has 33 heavy (non-hydrogen) atoms. The predicted octanol–water partition coefficient (Wildman–Crippen LogP) is 5.14. The van der Waals surface area contributed by atoms with Gasteiger partial charge < -0.3 is 10.6 Å². The monoisotopic (exact) mass is 485 g/mol. The molecule has 2 aromatic rings. The third-order valence-electron chi connectivity index (χ3n) is 6.13. The van der Waals surface area contributed by atoms with E-state index in [0.29, 0.717) is 22.8 Å². The third kappa shape index (κ3) is 5.07. The average Bonchev–Trinajstić information content (AvgIpc) is 3.03. The lowest BCUT2D eigenvalue weighted by atomic mass is 9.94. The van der Waals surface area contributed by atoms with E-state index in [4.69, 9.17) is 23.2 Å². The maximum atomic E-state index is 12.9. The van der Waals surface area contributed by atoms with E-state index in [9.17, 15) is 14.4 Å². The molecule has 4 rings (SSSR count). The molecule has 0 spiro atoms. The molecular weight excluding hydrogens is 461 g/mol. The smallest absolute Gasteiger partial charge is 0.278 e. The number of benzene rings is 2. The van der Waals surface area contributed by atoms with E-state index in [2.05, 4.69) is 10.6 Å². The van der Waals surface area contributed by atoms with Gasteiger partial charge in [-0.15, -0.1) is 0 Å². The van der Waals surface area contributed by atoms with Crippen LogP contribution in [0.4, 0.5) is 5.69 Å². The summed E-state index contributed by atoms with van der Waals surface area (Å²) in [7, 11) is 0.